The van der Waals surface area contributed by atoms with Gasteiger partial charge in [0.15, 0.2) is 0 Å². The van der Waals surface area contributed by atoms with Crippen molar-refractivity contribution in [1.82, 2.24) is 14.8 Å². The van der Waals surface area contributed by atoms with E-state index in [9.17, 15) is 4.79 Å². The maximum absolute atomic E-state index is 10.9. The average molecular weight is 195 g/mol. The topological polar surface area (TPSA) is 68.0 Å². The molecule has 0 amide bonds. The normalized spacial score (nSPS) is 26.6. The van der Waals surface area contributed by atoms with Gasteiger partial charge in [0.1, 0.15) is 12.7 Å². The molecule has 2 atom stereocenters. The van der Waals surface area contributed by atoms with Crippen molar-refractivity contribution in [3.63, 3.8) is 0 Å². The molecular formula is C9H13N3O2. The van der Waals surface area contributed by atoms with Crippen LogP contribution >= 0.6 is 0 Å². The minimum absolute atomic E-state index is 0.195. The highest BCUT2D eigenvalue weighted by Gasteiger charge is 2.32. The van der Waals surface area contributed by atoms with Gasteiger partial charge >= 0.3 is 5.97 Å². The Bertz CT molecular complexity index is 310. The second-order valence-corrected chi connectivity index (χ2v) is 3.75. The van der Waals surface area contributed by atoms with Gasteiger partial charge in [-0.25, -0.2) is 4.98 Å². The highest BCUT2D eigenvalue weighted by molar-refractivity contribution is 5.70. The summed E-state index contributed by atoms with van der Waals surface area (Å²) in [5, 5.41) is 13.0. The van der Waals surface area contributed by atoms with Crippen LogP contribution < -0.4 is 0 Å². The molecule has 0 bridgehead atoms. The van der Waals surface area contributed by atoms with Gasteiger partial charge in [-0.1, -0.05) is 6.42 Å². The molecule has 1 aromatic heterocycles. The molecule has 1 aliphatic rings. The van der Waals surface area contributed by atoms with Crippen LogP contribution in [0.1, 0.15) is 19.3 Å². The van der Waals surface area contributed by atoms with E-state index in [0.29, 0.717) is 6.54 Å². The Morgan fingerprint density at radius 3 is 3.07 bits per heavy atom. The molecular weight excluding hydrogens is 182 g/mol. The first kappa shape index (κ1) is 9.18. The Labute approximate surface area is 81.8 Å². The Morgan fingerprint density at radius 1 is 1.57 bits per heavy atom. The van der Waals surface area contributed by atoms with Crippen LogP contribution in [0.25, 0.3) is 0 Å². The van der Waals surface area contributed by atoms with E-state index < -0.39 is 5.97 Å². The van der Waals surface area contributed by atoms with Crippen molar-refractivity contribution in [2.45, 2.75) is 25.8 Å². The average Bonchev–Trinajstić information content (AvgIpc) is 2.75. The lowest BCUT2D eigenvalue weighted by atomic mass is 9.96. The lowest BCUT2D eigenvalue weighted by Gasteiger charge is -2.14. The molecule has 5 heteroatoms. The molecule has 76 valence electrons. The van der Waals surface area contributed by atoms with E-state index in [4.69, 9.17) is 5.11 Å². The molecule has 0 aliphatic heterocycles. The van der Waals surface area contributed by atoms with Crippen LogP contribution in [0, 0.1) is 11.8 Å². The van der Waals surface area contributed by atoms with Crippen molar-refractivity contribution in [2.75, 3.05) is 0 Å². The van der Waals surface area contributed by atoms with Gasteiger partial charge in [-0.15, -0.1) is 0 Å². The summed E-state index contributed by atoms with van der Waals surface area (Å²) in [4.78, 5) is 14.7. The molecule has 1 fully saturated rings. The van der Waals surface area contributed by atoms with E-state index in [0.717, 1.165) is 19.3 Å². The third-order valence-electron chi connectivity index (χ3n) is 2.86. The first-order valence-electron chi connectivity index (χ1n) is 4.82. The summed E-state index contributed by atoms with van der Waals surface area (Å²) in [7, 11) is 0. The van der Waals surface area contributed by atoms with Gasteiger partial charge in [0, 0.05) is 6.54 Å². The first-order valence-corrected chi connectivity index (χ1v) is 4.82. The largest absolute Gasteiger partial charge is 0.481 e. The number of carbonyl (C=O) groups is 1. The highest BCUT2D eigenvalue weighted by atomic mass is 16.4. The molecule has 14 heavy (non-hydrogen) atoms. The highest BCUT2D eigenvalue weighted by Crippen LogP contribution is 2.32. The number of hydrogen-bond acceptors (Lipinski definition) is 3. The SMILES string of the molecule is O=C(O)C1CCCC1Cn1cncn1. The molecule has 0 saturated heterocycles. The van der Waals surface area contributed by atoms with E-state index >= 15 is 0 Å². The monoisotopic (exact) mass is 195 g/mol. The maximum atomic E-state index is 10.9. The molecule has 1 aromatic rings. The molecule has 1 N–H and O–H groups in total. The fraction of sp³-hybridized carbons (Fsp3) is 0.667. The van der Waals surface area contributed by atoms with Gasteiger partial charge < -0.3 is 5.11 Å². The molecule has 2 unspecified atom stereocenters. The van der Waals surface area contributed by atoms with Crippen LogP contribution in [0.5, 0.6) is 0 Å². The van der Waals surface area contributed by atoms with Crippen molar-refractivity contribution in [1.29, 1.82) is 0 Å². The fourth-order valence-corrected chi connectivity index (χ4v) is 2.15. The lowest BCUT2D eigenvalue weighted by molar-refractivity contribution is -0.143. The molecule has 0 radical (unpaired) electrons. The maximum Gasteiger partial charge on any atom is 0.306 e. The zero-order valence-corrected chi connectivity index (χ0v) is 7.83. The second kappa shape index (κ2) is 3.77. The van der Waals surface area contributed by atoms with Gasteiger partial charge in [0.2, 0.25) is 0 Å². The van der Waals surface area contributed by atoms with Crippen molar-refractivity contribution >= 4 is 5.97 Å². The summed E-state index contributed by atoms with van der Waals surface area (Å²) in [6, 6.07) is 0. The van der Waals surface area contributed by atoms with Crippen LogP contribution in [0.4, 0.5) is 0 Å². The Morgan fingerprint density at radius 2 is 2.43 bits per heavy atom. The minimum atomic E-state index is -0.674. The number of aromatic nitrogens is 3. The van der Waals surface area contributed by atoms with Crippen LogP contribution in [-0.4, -0.2) is 25.8 Å². The second-order valence-electron chi connectivity index (χ2n) is 3.75. The number of nitrogens with zero attached hydrogens (tertiary/aromatic N) is 3. The summed E-state index contributed by atoms with van der Waals surface area (Å²) in [5.41, 5.74) is 0. The van der Waals surface area contributed by atoms with Gasteiger partial charge in [0.25, 0.3) is 0 Å². The van der Waals surface area contributed by atoms with Crippen LogP contribution in [-0.2, 0) is 11.3 Å². The zero-order valence-electron chi connectivity index (χ0n) is 7.83. The predicted octanol–water partition coefficient (Wildman–Crippen LogP) is 0.779. The van der Waals surface area contributed by atoms with E-state index in [1.807, 2.05) is 0 Å². The number of hydrogen-bond donors (Lipinski definition) is 1. The Kier molecular flexibility index (Phi) is 2.47. The van der Waals surface area contributed by atoms with Gasteiger partial charge in [-0.3, -0.25) is 9.48 Å². The zero-order chi connectivity index (χ0) is 9.97. The van der Waals surface area contributed by atoms with Crippen molar-refractivity contribution in [2.24, 2.45) is 11.8 Å². The molecule has 1 heterocycles. The quantitative estimate of drug-likeness (QED) is 0.773. The van der Waals surface area contributed by atoms with E-state index in [1.165, 1.54) is 6.33 Å². The summed E-state index contributed by atoms with van der Waals surface area (Å²) in [5.74, 6) is -0.652. The smallest absolute Gasteiger partial charge is 0.306 e. The van der Waals surface area contributed by atoms with Gasteiger partial charge in [0.05, 0.1) is 5.92 Å². The van der Waals surface area contributed by atoms with Crippen LogP contribution in [0.3, 0.4) is 0 Å². The van der Waals surface area contributed by atoms with E-state index in [2.05, 4.69) is 10.1 Å². The Hall–Kier alpha value is -1.39. The van der Waals surface area contributed by atoms with Crippen LogP contribution in [0.15, 0.2) is 12.7 Å². The summed E-state index contributed by atoms with van der Waals surface area (Å²) in [6.07, 6.45) is 5.91. The lowest BCUT2D eigenvalue weighted by Crippen LogP contribution is -2.22. The summed E-state index contributed by atoms with van der Waals surface area (Å²) in [6.45, 7) is 0.678. The van der Waals surface area contributed by atoms with Crippen LogP contribution in [0.2, 0.25) is 0 Å². The van der Waals surface area contributed by atoms with E-state index in [-0.39, 0.29) is 11.8 Å². The fourth-order valence-electron chi connectivity index (χ4n) is 2.15. The summed E-state index contributed by atoms with van der Waals surface area (Å²) >= 11 is 0. The van der Waals surface area contributed by atoms with Crippen molar-refractivity contribution in [3.8, 4) is 0 Å². The molecule has 1 aliphatic carbocycles. The molecule has 0 aromatic carbocycles. The number of carboxylic acids is 1. The third-order valence-corrected chi connectivity index (χ3v) is 2.86. The third kappa shape index (κ3) is 1.76. The molecule has 5 nitrogen and oxygen atoms in total. The Balaban J connectivity index is 2.00. The molecule has 2 rings (SSSR count). The predicted molar refractivity (Wildman–Crippen MR) is 48.5 cm³/mol. The summed E-state index contributed by atoms with van der Waals surface area (Å²) < 4.78 is 1.71. The van der Waals surface area contributed by atoms with Gasteiger partial charge in [-0.2, -0.15) is 5.10 Å². The van der Waals surface area contributed by atoms with Crippen molar-refractivity contribution in [3.05, 3.63) is 12.7 Å². The first-order chi connectivity index (χ1) is 6.77. The van der Waals surface area contributed by atoms with E-state index in [1.54, 1.807) is 11.0 Å². The number of aliphatic carboxylic acids is 1. The standard InChI is InChI=1S/C9H13N3O2/c13-9(14)8-3-1-2-7(8)4-12-6-10-5-11-12/h5-8H,1-4H2,(H,13,14). The molecule has 1 saturated carbocycles. The number of carboxylic acid groups (broad SMARTS) is 1. The number of rotatable bonds is 3. The van der Waals surface area contributed by atoms with Gasteiger partial charge in [-0.05, 0) is 18.8 Å². The van der Waals surface area contributed by atoms with Crippen molar-refractivity contribution < 1.29 is 9.90 Å². The minimum Gasteiger partial charge on any atom is -0.481 e. The molecule has 0 spiro atoms.